The van der Waals surface area contributed by atoms with Crippen LogP contribution in [-0.4, -0.2) is 36.1 Å². The number of hydrogen-bond acceptors (Lipinski definition) is 5. The third-order valence-electron chi connectivity index (χ3n) is 6.01. The Morgan fingerprint density at radius 3 is 2.03 bits per heavy atom. The van der Waals surface area contributed by atoms with Crippen LogP contribution in [0.25, 0.3) is 16.9 Å². The molecule has 1 amide bonds. The molecule has 5 rings (SSSR count). The van der Waals surface area contributed by atoms with Crippen LogP contribution < -0.4 is 5.32 Å². The summed E-state index contributed by atoms with van der Waals surface area (Å²) < 4.78 is 27.9. The van der Waals surface area contributed by atoms with E-state index in [4.69, 9.17) is 0 Å². The Labute approximate surface area is 214 Å². The van der Waals surface area contributed by atoms with E-state index in [-0.39, 0.29) is 16.0 Å². The number of carbonyl (C=O) groups excluding carboxylic acids is 2. The molecule has 0 aliphatic carbocycles. The number of nitrogens with one attached hydrogen (secondary N) is 1. The third-order valence-corrected chi connectivity index (χ3v) is 7.81. The van der Waals surface area contributed by atoms with Gasteiger partial charge in [0.15, 0.2) is 5.76 Å². The van der Waals surface area contributed by atoms with Gasteiger partial charge in [0.1, 0.15) is 12.2 Å². The summed E-state index contributed by atoms with van der Waals surface area (Å²) in [6.45, 7) is -0.711. The van der Waals surface area contributed by atoms with Gasteiger partial charge in [-0.1, -0.05) is 91.0 Å². The maximum Gasteiger partial charge on any atom is 0.265 e. The maximum absolute atomic E-state index is 13.6. The highest BCUT2D eigenvalue weighted by Gasteiger charge is 2.42. The summed E-state index contributed by atoms with van der Waals surface area (Å²) in [5, 5.41) is 13.8. The lowest BCUT2D eigenvalue weighted by atomic mass is 10.0. The van der Waals surface area contributed by atoms with E-state index in [0.29, 0.717) is 9.99 Å². The van der Waals surface area contributed by atoms with Gasteiger partial charge in [0, 0.05) is 22.4 Å². The van der Waals surface area contributed by atoms with Crippen molar-refractivity contribution < 1.29 is 23.1 Å². The molecule has 1 aliphatic rings. The van der Waals surface area contributed by atoms with Crippen LogP contribution >= 0.6 is 0 Å². The number of Topliss-reactive ketones (excluding diaryl/α,β-unsaturated/α-hetero) is 1. The van der Waals surface area contributed by atoms with Gasteiger partial charge in [0.05, 0.1) is 4.90 Å². The third kappa shape index (κ3) is 4.50. The van der Waals surface area contributed by atoms with Crippen molar-refractivity contribution in [2.45, 2.75) is 4.90 Å². The summed E-state index contributed by atoms with van der Waals surface area (Å²) in [6, 6.07) is 30.5. The van der Waals surface area contributed by atoms with Crippen LogP contribution in [0.5, 0.6) is 0 Å². The minimum atomic E-state index is -4.33. The first kappa shape index (κ1) is 24.0. The van der Waals surface area contributed by atoms with Crippen molar-refractivity contribution in [2.75, 3.05) is 11.9 Å². The minimum absolute atomic E-state index is 0.0638. The van der Waals surface area contributed by atoms with Crippen molar-refractivity contribution in [1.82, 2.24) is 4.31 Å². The molecule has 8 heteroatoms. The molecule has 184 valence electrons. The van der Waals surface area contributed by atoms with Crippen molar-refractivity contribution in [1.29, 1.82) is 0 Å². The van der Waals surface area contributed by atoms with Crippen molar-refractivity contribution in [3.05, 3.63) is 126 Å². The lowest BCUT2D eigenvalue weighted by Crippen LogP contribution is -2.43. The summed E-state index contributed by atoms with van der Waals surface area (Å²) in [6.07, 6.45) is 0. The van der Waals surface area contributed by atoms with E-state index in [9.17, 15) is 23.1 Å². The average Bonchev–Trinajstić information content (AvgIpc) is 2.93. The summed E-state index contributed by atoms with van der Waals surface area (Å²) >= 11 is 0. The summed E-state index contributed by atoms with van der Waals surface area (Å²) in [4.78, 5) is 26.5. The molecule has 0 unspecified atom stereocenters. The summed E-state index contributed by atoms with van der Waals surface area (Å²) in [5.74, 6) is -1.89. The van der Waals surface area contributed by atoms with Crippen LogP contribution in [-0.2, 0) is 14.8 Å². The molecule has 37 heavy (non-hydrogen) atoms. The maximum atomic E-state index is 13.6. The number of allylic oxidation sites excluding steroid dienone is 1. The Kier molecular flexibility index (Phi) is 6.33. The van der Waals surface area contributed by atoms with Gasteiger partial charge in [-0.2, -0.15) is 0 Å². The molecule has 2 N–H and O–H groups in total. The Morgan fingerprint density at radius 2 is 1.32 bits per heavy atom. The first-order valence-corrected chi connectivity index (χ1v) is 12.9. The SMILES string of the molecule is O=C(CN1/C(=C(/O)c2ccccc2)C(=O)c2ccccc2S1(=O)=O)Nc1ccccc1-c1ccccc1. The van der Waals surface area contributed by atoms with Crippen LogP contribution in [0.1, 0.15) is 15.9 Å². The van der Waals surface area contributed by atoms with Gasteiger partial charge >= 0.3 is 0 Å². The van der Waals surface area contributed by atoms with Crippen molar-refractivity contribution >= 4 is 33.2 Å². The first-order chi connectivity index (χ1) is 17.9. The van der Waals surface area contributed by atoms with E-state index in [1.165, 1.54) is 18.2 Å². The zero-order chi connectivity index (χ0) is 26.0. The zero-order valence-electron chi connectivity index (χ0n) is 19.5. The van der Waals surface area contributed by atoms with E-state index in [2.05, 4.69) is 5.32 Å². The average molecular weight is 511 g/mol. The van der Waals surface area contributed by atoms with Gasteiger partial charge in [-0.05, 0) is 23.8 Å². The molecule has 0 spiro atoms. The lowest BCUT2D eigenvalue weighted by Gasteiger charge is -2.31. The van der Waals surface area contributed by atoms with Crippen LogP contribution in [0, 0.1) is 0 Å². The standard InChI is InChI=1S/C29H22N2O5S/c32-26(30-24-17-9-7-15-22(24)20-11-3-1-4-12-20)19-31-27(28(33)21-13-5-2-6-14-21)29(34)23-16-8-10-18-25(23)37(31,35)36/h1-18,33H,19H2,(H,30,32)/b28-27+. The summed E-state index contributed by atoms with van der Waals surface area (Å²) in [5.41, 5.74) is 1.82. The number of para-hydroxylation sites is 1. The van der Waals surface area contributed by atoms with E-state index in [1.54, 1.807) is 48.5 Å². The Balaban J connectivity index is 1.56. The highest BCUT2D eigenvalue weighted by Crippen LogP contribution is 2.35. The second-order valence-electron chi connectivity index (χ2n) is 8.36. The van der Waals surface area contributed by atoms with Crippen LogP contribution in [0.3, 0.4) is 0 Å². The second kappa shape index (κ2) is 9.75. The number of fused-ring (bicyclic) bond motifs is 1. The molecule has 1 aliphatic heterocycles. The predicted octanol–water partition coefficient (Wildman–Crippen LogP) is 5.11. The van der Waals surface area contributed by atoms with Gasteiger partial charge < -0.3 is 10.4 Å². The molecule has 0 bridgehead atoms. The van der Waals surface area contributed by atoms with Gasteiger partial charge in [-0.3, -0.25) is 9.59 Å². The zero-order valence-corrected chi connectivity index (χ0v) is 20.4. The smallest absolute Gasteiger partial charge is 0.265 e. The van der Waals surface area contributed by atoms with Crippen LogP contribution in [0.4, 0.5) is 5.69 Å². The molecule has 4 aromatic carbocycles. The molecule has 0 atom stereocenters. The summed E-state index contributed by atoms with van der Waals surface area (Å²) in [7, 11) is -4.33. The highest BCUT2D eigenvalue weighted by molar-refractivity contribution is 7.89. The Hall–Kier alpha value is -4.69. The van der Waals surface area contributed by atoms with Crippen LogP contribution in [0.15, 0.2) is 120 Å². The van der Waals surface area contributed by atoms with Crippen molar-refractivity contribution in [3.8, 4) is 11.1 Å². The number of anilines is 1. The van der Waals surface area contributed by atoms with Gasteiger partial charge in [0.25, 0.3) is 10.0 Å². The number of benzene rings is 4. The number of nitrogens with zero attached hydrogens (tertiary/aromatic N) is 1. The molecule has 0 saturated heterocycles. The Morgan fingerprint density at radius 1 is 0.757 bits per heavy atom. The normalized spacial score (nSPS) is 15.6. The quantitative estimate of drug-likeness (QED) is 0.287. The second-order valence-corrected chi connectivity index (χ2v) is 10.2. The monoisotopic (exact) mass is 510 g/mol. The number of sulfonamides is 1. The van der Waals surface area contributed by atoms with Gasteiger partial charge in [-0.25, -0.2) is 12.7 Å². The van der Waals surface area contributed by atoms with E-state index < -0.39 is 39.7 Å². The number of aliphatic hydroxyl groups excluding tert-OH is 1. The molecule has 0 saturated carbocycles. The molecule has 7 nitrogen and oxygen atoms in total. The minimum Gasteiger partial charge on any atom is -0.505 e. The van der Waals surface area contributed by atoms with E-state index in [0.717, 1.165) is 11.1 Å². The number of rotatable bonds is 5. The molecule has 0 aromatic heterocycles. The number of amides is 1. The van der Waals surface area contributed by atoms with Gasteiger partial charge in [0.2, 0.25) is 11.7 Å². The fourth-order valence-electron chi connectivity index (χ4n) is 4.26. The topological polar surface area (TPSA) is 104 Å². The highest BCUT2D eigenvalue weighted by atomic mass is 32.2. The number of aliphatic hydroxyl groups is 1. The van der Waals surface area contributed by atoms with Crippen molar-refractivity contribution in [2.24, 2.45) is 0 Å². The fraction of sp³-hybridized carbons (Fsp3) is 0.0345. The molecular formula is C29H22N2O5S. The predicted molar refractivity (Wildman–Crippen MR) is 141 cm³/mol. The first-order valence-electron chi connectivity index (χ1n) is 11.5. The fourth-order valence-corrected chi connectivity index (χ4v) is 5.89. The van der Waals surface area contributed by atoms with Crippen LogP contribution in [0.2, 0.25) is 0 Å². The molecule has 0 fully saturated rings. The van der Waals surface area contributed by atoms with E-state index >= 15 is 0 Å². The number of carbonyl (C=O) groups is 2. The number of ketones is 1. The molecule has 1 heterocycles. The van der Waals surface area contributed by atoms with Crippen molar-refractivity contribution in [3.63, 3.8) is 0 Å². The molecule has 4 aromatic rings. The largest absolute Gasteiger partial charge is 0.505 e. The van der Waals surface area contributed by atoms with Gasteiger partial charge in [-0.15, -0.1) is 0 Å². The molecule has 0 radical (unpaired) electrons. The Bertz CT molecular complexity index is 1630. The number of hydrogen-bond donors (Lipinski definition) is 2. The lowest BCUT2D eigenvalue weighted by molar-refractivity contribution is -0.116. The molecular weight excluding hydrogens is 488 g/mol. The van der Waals surface area contributed by atoms with E-state index in [1.807, 2.05) is 42.5 Å².